The second kappa shape index (κ2) is 6.08. The minimum atomic E-state index is -0.228. The third kappa shape index (κ3) is 2.85. The first-order valence-electron chi connectivity index (χ1n) is 8.14. The number of aryl methyl sites for hydroxylation is 3. The molecule has 0 saturated heterocycles. The van der Waals surface area contributed by atoms with Crippen LogP contribution in [0, 0.1) is 20.8 Å². The molecule has 2 aromatic carbocycles. The Morgan fingerprint density at radius 1 is 1.12 bits per heavy atom. The van der Waals surface area contributed by atoms with Gasteiger partial charge in [-0.2, -0.15) is 0 Å². The number of rotatable bonds is 3. The maximum Gasteiger partial charge on any atom is 0.294 e. The Bertz CT molecular complexity index is 1130. The molecule has 4 rings (SSSR count). The topological polar surface area (TPSA) is 58.9 Å². The summed E-state index contributed by atoms with van der Waals surface area (Å²) in [6, 6.07) is 11.9. The Kier molecular flexibility index (Phi) is 3.88. The molecule has 0 fully saturated rings. The molecule has 126 valence electrons. The van der Waals surface area contributed by atoms with Crippen molar-refractivity contribution in [1.29, 1.82) is 0 Å². The molecule has 0 radical (unpaired) electrons. The number of hydrogen-bond donors (Lipinski definition) is 1. The smallest absolute Gasteiger partial charge is 0.294 e. The number of H-pyrrole nitrogens is 1. The number of fused-ring (bicyclic) bond motifs is 3. The zero-order chi connectivity index (χ0) is 17.6. The van der Waals surface area contributed by atoms with Crippen molar-refractivity contribution in [3.63, 3.8) is 0 Å². The highest BCUT2D eigenvalue weighted by molar-refractivity contribution is 7.98. The van der Waals surface area contributed by atoms with E-state index in [0.29, 0.717) is 22.7 Å². The van der Waals surface area contributed by atoms with Crippen LogP contribution in [0.1, 0.15) is 22.5 Å². The number of thioether (sulfide) groups is 1. The van der Waals surface area contributed by atoms with Crippen LogP contribution in [0.2, 0.25) is 0 Å². The van der Waals surface area contributed by atoms with Gasteiger partial charge in [-0.1, -0.05) is 29.8 Å². The van der Waals surface area contributed by atoms with Gasteiger partial charge >= 0.3 is 0 Å². The molecule has 0 atom stereocenters. The Labute approximate surface area is 149 Å². The zero-order valence-electron chi connectivity index (χ0n) is 14.3. The van der Waals surface area contributed by atoms with Crippen LogP contribution in [0.15, 0.2) is 50.5 Å². The number of aromatic amines is 1. The quantitative estimate of drug-likeness (QED) is 0.535. The van der Waals surface area contributed by atoms with E-state index in [1.54, 1.807) is 11.8 Å². The number of para-hydroxylation sites is 1. The van der Waals surface area contributed by atoms with Crippen LogP contribution in [0.4, 0.5) is 0 Å². The molecule has 1 N–H and O–H groups in total. The first-order valence-corrected chi connectivity index (χ1v) is 9.12. The Morgan fingerprint density at radius 3 is 2.60 bits per heavy atom. The van der Waals surface area contributed by atoms with Crippen LogP contribution in [-0.4, -0.2) is 9.97 Å². The predicted molar refractivity (Wildman–Crippen MR) is 102 cm³/mol. The molecule has 5 heteroatoms. The fourth-order valence-electron chi connectivity index (χ4n) is 3.25. The van der Waals surface area contributed by atoms with E-state index >= 15 is 0 Å². The molecule has 2 aromatic heterocycles. The van der Waals surface area contributed by atoms with E-state index < -0.39 is 0 Å². The SMILES string of the molecule is Cc1cc(C)c(SCc2nc3c(oc4ccccc43)c(=O)[nH]2)c(C)c1. The number of furan rings is 1. The van der Waals surface area contributed by atoms with Gasteiger partial charge in [0, 0.05) is 10.3 Å². The van der Waals surface area contributed by atoms with Crippen molar-refractivity contribution in [3.8, 4) is 0 Å². The molecule has 0 aliphatic rings. The van der Waals surface area contributed by atoms with Crippen LogP contribution < -0.4 is 5.56 Å². The summed E-state index contributed by atoms with van der Waals surface area (Å²) in [6.07, 6.45) is 0. The van der Waals surface area contributed by atoms with Crippen molar-refractivity contribution >= 4 is 33.8 Å². The molecule has 0 aliphatic heterocycles. The first kappa shape index (κ1) is 16.0. The molecule has 0 aliphatic carbocycles. The summed E-state index contributed by atoms with van der Waals surface area (Å²) in [5, 5.41) is 0.873. The average Bonchev–Trinajstić information content (AvgIpc) is 2.93. The normalized spacial score (nSPS) is 11.5. The number of nitrogens with one attached hydrogen (secondary N) is 1. The average molecular weight is 350 g/mol. The number of benzene rings is 2. The number of hydrogen-bond acceptors (Lipinski definition) is 4. The fourth-order valence-corrected chi connectivity index (χ4v) is 4.24. The largest absolute Gasteiger partial charge is 0.449 e. The van der Waals surface area contributed by atoms with Crippen LogP contribution >= 0.6 is 11.8 Å². The van der Waals surface area contributed by atoms with E-state index in [0.717, 1.165) is 5.39 Å². The summed E-state index contributed by atoms with van der Waals surface area (Å²) in [7, 11) is 0. The first-order chi connectivity index (χ1) is 12.0. The second-order valence-corrected chi connectivity index (χ2v) is 7.29. The summed E-state index contributed by atoms with van der Waals surface area (Å²) >= 11 is 1.70. The van der Waals surface area contributed by atoms with Crippen molar-refractivity contribution < 1.29 is 4.42 Å². The highest BCUT2D eigenvalue weighted by Crippen LogP contribution is 2.30. The van der Waals surface area contributed by atoms with Gasteiger partial charge in [-0.25, -0.2) is 4.98 Å². The van der Waals surface area contributed by atoms with Gasteiger partial charge in [0.25, 0.3) is 5.56 Å². The van der Waals surface area contributed by atoms with E-state index in [9.17, 15) is 4.79 Å². The maximum absolute atomic E-state index is 12.4. The Hall–Kier alpha value is -2.53. The van der Waals surface area contributed by atoms with Crippen molar-refractivity contribution in [2.45, 2.75) is 31.4 Å². The lowest BCUT2D eigenvalue weighted by atomic mass is 10.1. The van der Waals surface area contributed by atoms with E-state index in [1.807, 2.05) is 24.3 Å². The third-order valence-corrected chi connectivity index (χ3v) is 5.59. The van der Waals surface area contributed by atoms with E-state index in [4.69, 9.17) is 4.42 Å². The van der Waals surface area contributed by atoms with Gasteiger partial charge < -0.3 is 9.40 Å². The van der Waals surface area contributed by atoms with E-state index in [2.05, 4.69) is 42.9 Å². The van der Waals surface area contributed by atoms with Gasteiger partial charge in [0.1, 0.15) is 16.9 Å². The molecule has 4 aromatic rings. The minimum absolute atomic E-state index is 0.228. The standard InChI is InChI=1S/C20H18N2O2S/c1-11-8-12(2)19(13(3)9-11)25-10-16-21-17-14-6-4-5-7-15(14)24-18(17)20(23)22-16/h4-9H,10H2,1-3H3,(H,21,22,23). The second-order valence-electron chi connectivity index (χ2n) is 6.31. The van der Waals surface area contributed by atoms with E-state index in [-0.39, 0.29) is 11.1 Å². The highest BCUT2D eigenvalue weighted by Gasteiger charge is 2.13. The number of aromatic nitrogens is 2. The van der Waals surface area contributed by atoms with E-state index in [1.165, 1.54) is 21.6 Å². The monoisotopic (exact) mass is 350 g/mol. The lowest BCUT2D eigenvalue weighted by molar-refractivity contribution is 0.660. The van der Waals surface area contributed by atoms with Crippen molar-refractivity contribution in [2.75, 3.05) is 0 Å². The van der Waals surface area contributed by atoms with Crippen LogP contribution in [0.25, 0.3) is 22.1 Å². The van der Waals surface area contributed by atoms with Gasteiger partial charge in [0.15, 0.2) is 0 Å². The van der Waals surface area contributed by atoms with Gasteiger partial charge in [0.2, 0.25) is 5.58 Å². The molecule has 2 heterocycles. The third-order valence-electron chi connectivity index (χ3n) is 4.24. The minimum Gasteiger partial charge on any atom is -0.449 e. The van der Waals surface area contributed by atoms with Gasteiger partial charge in [-0.05, 0) is 44.0 Å². The fraction of sp³-hybridized carbons (Fsp3) is 0.200. The number of nitrogens with zero attached hydrogens (tertiary/aromatic N) is 1. The molecule has 0 saturated carbocycles. The maximum atomic E-state index is 12.4. The molecule has 0 unspecified atom stereocenters. The summed E-state index contributed by atoms with van der Waals surface area (Å²) in [6.45, 7) is 6.34. The molecular weight excluding hydrogens is 332 g/mol. The predicted octanol–water partition coefficient (Wildman–Crippen LogP) is 4.89. The molecule has 4 nitrogen and oxygen atoms in total. The summed E-state index contributed by atoms with van der Waals surface area (Å²) in [5.74, 6) is 1.27. The molecule has 0 spiro atoms. The highest BCUT2D eigenvalue weighted by atomic mass is 32.2. The summed E-state index contributed by atoms with van der Waals surface area (Å²) in [5.41, 5.74) is 5.14. The van der Waals surface area contributed by atoms with Gasteiger partial charge in [-0.15, -0.1) is 11.8 Å². The van der Waals surface area contributed by atoms with Crippen LogP contribution in [-0.2, 0) is 5.75 Å². The van der Waals surface area contributed by atoms with Crippen LogP contribution in [0.5, 0.6) is 0 Å². The Morgan fingerprint density at radius 2 is 1.84 bits per heavy atom. The summed E-state index contributed by atoms with van der Waals surface area (Å²) < 4.78 is 5.64. The molecule has 25 heavy (non-hydrogen) atoms. The molecule has 0 bridgehead atoms. The van der Waals surface area contributed by atoms with Crippen molar-refractivity contribution in [1.82, 2.24) is 9.97 Å². The Balaban J connectivity index is 1.73. The lowest BCUT2D eigenvalue weighted by Gasteiger charge is -2.10. The van der Waals surface area contributed by atoms with Crippen molar-refractivity contribution in [3.05, 3.63) is 69.3 Å². The molecule has 0 amide bonds. The zero-order valence-corrected chi connectivity index (χ0v) is 15.2. The molecular formula is C20H18N2O2S. The van der Waals surface area contributed by atoms with Crippen molar-refractivity contribution in [2.24, 2.45) is 0 Å². The van der Waals surface area contributed by atoms with Gasteiger partial charge in [-0.3, -0.25) is 4.79 Å². The summed E-state index contributed by atoms with van der Waals surface area (Å²) in [4.78, 5) is 21.1. The van der Waals surface area contributed by atoms with Crippen LogP contribution in [0.3, 0.4) is 0 Å². The van der Waals surface area contributed by atoms with Gasteiger partial charge in [0.05, 0.1) is 5.75 Å². The lowest BCUT2D eigenvalue weighted by Crippen LogP contribution is -2.10.